The average molecular weight is 452 g/mol. The molecule has 2 aliphatic rings. The van der Waals surface area contributed by atoms with Gasteiger partial charge in [0, 0.05) is 43.7 Å². The molecule has 1 N–H and O–H groups in total. The normalized spacial score (nSPS) is 15.9. The molecule has 1 saturated heterocycles. The summed E-state index contributed by atoms with van der Waals surface area (Å²) < 4.78 is 11.5. The molecule has 0 spiro atoms. The average Bonchev–Trinajstić information content (AvgIpc) is 3.15. The van der Waals surface area contributed by atoms with Gasteiger partial charge in [0.2, 0.25) is 12.3 Å². The minimum Gasteiger partial charge on any atom is -0.489 e. The molecule has 2 heterocycles. The molecule has 0 saturated carbocycles. The first kappa shape index (κ1) is 22.9. The van der Waals surface area contributed by atoms with E-state index in [4.69, 9.17) is 9.47 Å². The van der Waals surface area contributed by atoms with E-state index in [0.717, 1.165) is 44.0 Å². The Kier molecular flexibility index (Phi) is 7.70. The van der Waals surface area contributed by atoms with Crippen LogP contribution in [0.2, 0.25) is 0 Å². The molecule has 0 aliphatic carbocycles. The summed E-state index contributed by atoms with van der Waals surface area (Å²) in [6.45, 7) is 5.77. The standard InChI is InChI=1S/C25H29N3O5/c29-18-26-24(30)5-2-10-28-16-22-21(25(28)31)3-1-4-23(22)33-17-20-8-6-19(7-9-20)15-27-11-13-32-14-12-27/h1,3-4,6-9,18H,2,5,10-17H2,(H,26,29,30). The van der Waals surface area contributed by atoms with Crippen molar-refractivity contribution in [2.75, 3.05) is 32.8 Å². The Morgan fingerprint density at radius 1 is 1.09 bits per heavy atom. The number of morpholine rings is 1. The van der Waals surface area contributed by atoms with Crippen LogP contribution in [0, 0.1) is 0 Å². The summed E-state index contributed by atoms with van der Waals surface area (Å²) in [6, 6.07) is 14.0. The van der Waals surface area contributed by atoms with Crippen molar-refractivity contribution in [1.29, 1.82) is 0 Å². The molecule has 2 aromatic rings. The molecule has 3 amide bonds. The molecule has 2 aromatic carbocycles. The van der Waals surface area contributed by atoms with Gasteiger partial charge in [-0.1, -0.05) is 30.3 Å². The molecule has 8 nitrogen and oxygen atoms in total. The molecule has 2 aliphatic heterocycles. The van der Waals surface area contributed by atoms with Crippen LogP contribution in [0.1, 0.15) is 39.9 Å². The summed E-state index contributed by atoms with van der Waals surface area (Å²) in [6.07, 6.45) is 1.07. The number of hydrogen-bond donors (Lipinski definition) is 1. The summed E-state index contributed by atoms with van der Waals surface area (Å²) in [4.78, 5) is 38.6. The van der Waals surface area contributed by atoms with Gasteiger partial charge in [-0.05, 0) is 29.7 Å². The molecule has 0 radical (unpaired) electrons. The molecule has 33 heavy (non-hydrogen) atoms. The highest BCUT2D eigenvalue weighted by atomic mass is 16.5. The third-order valence-corrected chi connectivity index (χ3v) is 5.98. The number of imide groups is 1. The Hall–Kier alpha value is -3.23. The van der Waals surface area contributed by atoms with Crippen molar-refractivity contribution in [3.63, 3.8) is 0 Å². The van der Waals surface area contributed by atoms with Crippen molar-refractivity contribution in [3.8, 4) is 5.75 Å². The van der Waals surface area contributed by atoms with E-state index in [1.807, 2.05) is 18.2 Å². The van der Waals surface area contributed by atoms with Crippen molar-refractivity contribution < 1.29 is 23.9 Å². The van der Waals surface area contributed by atoms with Crippen LogP contribution in [0.25, 0.3) is 0 Å². The minimum atomic E-state index is -0.339. The molecule has 0 unspecified atom stereocenters. The smallest absolute Gasteiger partial charge is 0.254 e. The Morgan fingerprint density at radius 2 is 1.85 bits per heavy atom. The number of nitrogens with one attached hydrogen (secondary N) is 1. The van der Waals surface area contributed by atoms with Gasteiger partial charge in [-0.3, -0.25) is 24.6 Å². The number of benzene rings is 2. The van der Waals surface area contributed by atoms with E-state index in [0.29, 0.717) is 43.8 Å². The lowest BCUT2D eigenvalue weighted by atomic mass is 10.1. The second-order valence-corrected chi connectivity index (χ2v) is 8.29. The number of ether oxygens (including phenoxy) is 2. The fourth-order valence-corrected chi connectivity index (χ4v) is 4.17. The van der Waals surface area contributed by atoms with Gasteiger partial charge in [-0.25, -0.2) is 0 Å². The van der Waals surface area contributed by atoms with E-state index >= 15 is 0 Å². The number of rotatable bonds is 10. The van der Waals surface area contributed by atoms with Crippen molar-refractivity contribution in [3.05, 3.63) is 64.7 Å². The van der Waals surface area contributed by atoms with E-state index in [9.17, 15) is 14.4 Å². The highest BCUT2D eigenvalue weighted by Crippen LogP contribution is 2.31. The lowest BCUT2D eigenvalue weighted by Gasteiger charge is -2.26. The second kappa shape index (κ2) is 11.1. The van der Waals surface area contributed by atoms with E-state index in [1.54, 1.807) is 4.90 Å². The highest BCUT2D eigenvalue weighted by molar-refractivity contribution is 5.99. The molecule has 0 aromatic heterocycles. The summed E-state index contributed by atoms with van der Waals surface area (Å²) >= 11 is 0. The Morgan fingerprint density at radius 3 is 2.61 bits per heavy atom. The number of amides is 3. The van der Waals surface area contributed by atoms with E-state index in [1.165, 1.54) is 5.56 Å². The maximum atomic E-state index is 12.7. The number of carbonyl (C=O) groups excluding carboxylic acids is 3. The predicted octanol–water partition coefficient (Wildman–Crippen LogP) is 2.11. The van der Waals surface area contributed by atoms with Crippen LogP contribution in [-0.2, 0) is 34.0 Å². The number of hydrogen-bond acceptors (Lipinski definition) is 6. The SMILES string of the molecule is O=CNC(=O)CCCN1Cc2c(OCc3ccc(CN4CCOCC4)cc3)cccc2C1=O. The van der Waals surface area contributed by atoms with E-state index < -0.39 is 0 Å². The Bertz CT molecular complexity index is 986. The number of nitrogens with zero attached hydrogens (tertiary/aromatic N) is 2. The first-order valence-corrected chi connectivity index (χ1v) is 11.3. The van der Waals surface area contributed by atoms with E-state index in [2.05, 4.69) is 34.5 Å². The first-order valence-electron chi connectivity index (χ1n) is 11.3. The van der Waals surface area contributed by atoms with Gasteiger partial charge in [0.05, 0.1) is 19.8 Å². The van der Waals surface area contributed by atoms with Gasteiger partial charge < -0.3 is 14.4 Å². The Balaban J connectivity index is 1.31. The topological polar surface area (TPSA) is 88.2 Å². The second-order valence-electron chi connectivity index (χ2n) is 8.29. The lowest BCUT2D eigenvalue weighted by Crippen LogP contribution is -2.35. The van der Waals surface area contributed by atoms with Gasteiger partial charge in [-0.2, -0.15) is 0 Å². The van der Waals surface area contributed by atoms with Gasteiger partial charge in [0.25, 0.3) is 5.91 Å². The van der Waals surface area contributed by atoms with Crippen LogP contribution in [-0.4, -0.2) is 60.9 Å². The van der Waals surface area contributed by atoms with Gasteiger partial charge in [-0.15, -0.1) is 0 Å². The molecule has 4 rings (SSSR count). The zero-order valence-electron chi connectivity index (χ0n) is 18.6. The maximum absolute atomic E-state index is 12.7. The monoisotopic (exact) mass is 451 g/mol. The van der Waals surface area contributed by atoms with Crippen LogP contribution >= 0.6 is 0 Å². The fourth-order valence-electron chi connectivity index (χ4n) is 4.17. The minimum absolute atomic E-state index is 0.0567. The summed E-state index contributed by atoms with van der Waals surface area (Å²) in [5.74, 6) is 0.312. The molecule has 0 atom stereocenters. The molecule has 8 heteroatoms. The summed E-state index contributed by atoms with van der Waals surface area (Å²) in [5.41, 5.74) is 3.86. The van der Waals surface area contributed by atoms with Crippen LogP contribution in [0.5, 0.6) is 5.75 Å². The predicted molar refractivity (Wildman–Crippen MR) is 121 cm³/mol. The van der Waals surface area contributed by atoms with Crippen molar-refractivity contribution in [2.45, 2.75) is 32.5 Å². The number of fused-ring (bicyclic) bond motifs is 1. The largest absolute Gasteiger partial charge is 0.489 e. The van der Waals surface area contributed by atoms with Crippen LogP contribution in [0.3, 0.4) is 0 Å². The first-order chi connectivity index (χ1) is 16.1. The molecular formula is C25H29N3O5. The van der Waals surface area contributed by atoms with Crippen LogP contribution in [0.15, 0.2) is 42.5 Å². The zero-order valence-corrected chi connectivity index (χ0v) is 18.6. The summed E-state index contributed by atoms with van der Waals surface area (Å²) in [5, 5.41) is 2.11. The fraction of sp³-hybridized carbons (Fsp3) is 0.400. The third-order valence-electron chi connectivity index (χ3n) is 5.98. The third kappa shape index (κ3) is 5.97. The maximum Gasteiger partial charge on any atom is 0.254 e. The summed E-state index contributed by atoms with van der Waals surface area (Å²) in [7, 11) is 0. The van der Waals surface area contributed by atoms with E-state index in [-0.39, 0.29) is 18.2 Å². The molecule has 174 valence electrons. The van der Waals surface area contributed by atoms with Gasteiger partial charge >= 0.3 is 0 Å². The molecule has 1 fully saturated rings. The van der Waals surface area contributed by atoms with Crippen molar-refractivity contribution in [1.82, 2.24) is 15.1 Å². The van der Waals surface area contributed by atoms with Gasteiger partial charge in [0.1, 0.15) is 12.4 Å². The quantitative estimate of drug-likeness (QED) is 0.557. The Labute approximate surface area is 193 Å². The highest BCUT2D eigenvalue weighted by Gasteiger charge is 2.29. The lowest BCUT2D eigenvalue weighted by molar-refractivity contribution is -0.125. The van der Waals surface area contributed by atoms with Crippen LogP contribution in [0.4, 0.5) is 0 Å². The van der Waals surface area contributed by atoms with Crippen molar-refractivity contribution >= 4 is 18.2 Å². The van der Waals surface area contributed by atoms with Crippen molar-refractivity contribution in [2.24, 2.45) is 0 Å². The van der Waals surface area contributed by atoms with Crippen LogP contribution < -0.4 is 10.1 Å². The number of carbonyl (C=O) groups is 3. The zero-order chi connectivity index (χ0) is 23.0. The molecular weight excluding hydrogens is 422 g/mol. The molecule has 0 bridgehead atoms. The van der Waals surface area contributed by atoms with Gasteiger partial charge in [0.15, 0.2) is 0 Å².